The lowest BCUT2D eigenvalue weighted by Gasteiger charge is -2.20. The standard InChI is InChI=1S/C16H24N2O4/c1-5-21-14(19)11-17-10-12-8-6-7-9-13(12)18-15(20)22-16(2,3)4/h6-9,17H,5,10-11H2,1-4H3,(H,18,20). The van der Waals surface area contributed by atoms with E-state index in [1.807, 2.05) is 18.2 Å². The normalized spacial score (nSPS) is 10.9. The Bertz CT molecular complexity index is 509. The second-order valence-corrected chi connectivity index (χ2v) is 5.69. The van der Waals surface area contributed by atoms with Gasteiger partial charge in [-0.15, -0.1) is 0 Å². The molecule has 0 atom stereocenters. The maximum atomic E-state index is 11.8. The molecule has 0 fully saturated rings. The number of amides is 1. The summed E-state index contributed by atoms with van der Waals surface area (Å²) in [5, 5.41) is 5.69. The minimum Gasteiger partial charge on any atom is -0.465 e. The van der Waals surface area contributed by atoms with Crippen molar-refractivity contribution < 1.29 is 19.1 Å². The Kier molecular flexibility index (Phi) is 6.85. The molecule has 0 aliphatic heterocycles. The third-order valence-corrected chi connectivity index (χ3v) is 2.54. The van der Waals surface area contributed by atoms with Crippen molar-refractivity contribution in [2.75, 3.05) is 18.5 Å². The van der Waals surface area contributed by atoms with Crippen LogP contribution in [0.2, 0.25) is 0 Å². The van der Waals surface area contributed by atoms with Crippen LogP contribution >= 0.6 is 0 Å². The number of rotatable bonds is 6. The number of carbonyl (C=O) groups excluding carboxylic acids is 2. The molecule has 0 radical (unpaired) electrons. The van der Waals surface area contributed by atoms with Gasteiger partial charge in [-0.25, -0.2) is 4.79 Å². The molecule has 1 amide bonds. The van der Waals surface area contributed by atoms with Crippen LogP contribution < -0.4 is 10.6 Å². The highest BCUT2D eigenvalue weighted by atomic mass is 16.6. The smallest absolute Gasteiger partial charge is 0.412 e. The Morgan fingerprint density at radius 1 is 1.18 bits per heavy atom. The second-order valence-electron chi connectivity index (χ2n) is 5.69. The Labute approximate surface area is 131 Å². The molecule has 0 spiro atoms. The molecule has 122 valence electrons. The van der Waals surface area contributed by atoms with Crippen LogP contribution in [0.25, 0.3) is 0 Å². The lowest BCUT2D eigenvalue weighted by Crippen LogP contribution is -2.28. The SMILES string of the molecule is CCOC(=O)CNCc1ccccc1NC(=O)OC(C)(C)C. The molecule has 0 unspecified atom stereocenters. The van der Waals surface area contributed by atoms with E-state index in [0.29, 0.717) is 18.8 Å². The van der Waals surface area contributed by atoms with Crippen LogP contribution in [-0.4, -0.2) is 30.8 Å². The van der Waals surface area contributed by atoms with Crippen molar-refractivity contribution in [3.8, 4) is 0 Å². The number of hydrogen-bond donors (Lipinski definition) is 2. The Morgan fingerprint density at radius 3 is 2.50 bits per heavy atom. The quantitative estimate of drug-likeness (QED) is 0.790. The van der Waals surface area contributed by atoms with Crippen molar-refractivity contribution in [1.29, 1.82) is 0 Å². The van der Waals surface area contributed by atoms with Crippen LogP contribution in [0.3, 0.4) is 0 Å². The maximum Gasteiger partial charge on any atom is 0.412 e. The van der Waals surface area contributed by atoms with Crippen molar-refractivity contribution in [1.82, 2.24) is 5.32 Å². The van der Waals surface area contributed by atoms with Gasteiger partial charge in [0, 0.05) is 12.2 Å². The molecular weight excluding hydrogens is 284 g/mol. The summed E-state index contributed by atoms with van der Waals surface area (Å²) in [6, 6.07) is 7.33. The summed E-state index contributed by atoms with van der Waals surface area (Å²) in [6.07, 6.45) is -0.509. The summed E-state index contributed by atoms with van der Waals surface area (Å²) in [5.74, 6) is -0.305. The summed E-state index contributed by atoms with van der Waals surface area (Å²) >= 11 is 0. The summed E-state index contributed by atoms with van der Waals surface area (Å²) in [6.45, 7) is 8.09. The predicted octanol–water partition coefficient (Wildman–Crippen LogP) is 2.69. The molecule has 0 aromatic heterocycles. The van der Waals surface area contributed by atoms with Crippen molar-refractivity contribution in [2.45, 2.75) is 39.8 Å². The van der Waals surface area contributed by atoms with Gasteiger partial charge < -0.3 is 14.8 Å². The fourth-order valence-corrected chi connectivity index (χ4v) is 1.72. The van der Waals surface area contributed by atoms with E-state index in [9.17, 15) is 9.59 Å². The van der Waals surface area contributed by atoms with E-state index < -0.39 is 11.7 Å². The summed E-state index contributed by atoms with van der Waals surface area (Å²) in [7, 11) is 0. The lowest BCUT2D eigenvalue weighted by molar-refractivity contribution is -0.142. The van der Waals surface area contributed by atoms with Gasteiger partial charge in [0.05, 0.1) is 13.2 Å². The van der Waals surface area contributed by atoms with Crippen LogP contribution in [0.15, 0.2) is 24.3 Å². The molecule has 0 heterocycles. The molecule has 0 aliphatic rings. The minimum absolute atomic E-state index is 0.120. The molecule has 0 saturated carbocycles. The van der Waals surface area contributed by atoms with Gasteiger partial charge in [0.1, 0.15) is 5.60 Å². The molecule has 0 bridgehead atoms. The number of esters is 1. The number of anilines is 1. The van der Waals surface area contributed by atoms with E-state index in [1.54, 1.807) is 33.8 Å². The van der Waals surface area contributed by atoms with Crippen molar-refractivity contribution in [3.05, 3.63) is 29.8 Å². The van der Waals surface area contributed by atoms with Crippen LogP contribution in [0.4, 0.5) is 10.5 Å². The average molecular weight is 308 g/mol. The van der Waals surface area contributed by atoms with Crippen LogP contribution in [-0.2, 0) is 20.8 Å². The highest BCUT2D eigenvalue weighted by Gasteiger charge is 2.17. The van der Waals surface area contributed by atoms with Crippen LogP contribution in [0.5, 0.6) is 0 Å². The van der Waals surface area contributed by atoms with Crippen LogP contribution in [0.1, 0.15) is 33.3 Å². The third-order valence-electron chi connectivity index (χ3n) is 2.54. The number of para-hydroxylation sites is 1. The van der Waals surface area contributed by atoms with Gasteiger partial charge >= 0.3 is 12.1 Å². The Hall–Kier alpha value is -2.08. The van der Waals surface area contributed by atoms with Gasteiger partial charge in [0.25, 0.3) is 0 Å². The predicted molar refractivity (Wildman–Crippen MR) is 84.6 cm³/mol. The number of ether oxygens (including phenoxy) is 2. The lowest BCUT2D eigenvalue weighted by atomic mass is 10.1. The van der Waals surface area contributed by atoms with Gasteiger partial charge in [-0.2, -0.15) is 0 Å². The van der Waals surface area contributed by atoms with Gasteiger partial charge in [-0.3, -0.25) is 10.1 Å². The number of hydrogen-bond acceptors (Lipinski definition) is 5. The van der Waals surface area contributed by atoms with E-state index in [4.69, 9.17) is 9.47 Å². The van der Waals surface area contributed by atoms with Gasteiger partial charge in [0.2, 0.25) is 0 Å². The first-order valence-electron chi connectivity index (χ1n) is 7.26. The highest BCUT2D eigenvalue weighted by Crippen LogP contribution is 2.16. The molecular formula is C16H24N2O4. The third kappa shape index (κ3) is 7.08. The highest BCUT2D eigenvalue weighted by molar-refractivity contribution is 5.85. The van der Waals surface area contributed by atoms with E-state index >= 15 is 0 Å². The molecule has 1 rings (SSSR count). The number of benzene rings is 1. The van der Waals surface area contributed by atoms with Gasteiger partial charge in [-0.05, 0) is 39.3 Å². The Balaban J connectivity index is 2.58. The van der Waals surface area contributed by atoms with Crippen molar-refractivity contribution >= 4 is 17.7 Å². The zero-order valence-electron chi connectivity index (χ0n) is 13.6. The zero-order valence-corrected chi connectivity index (χ0v) is 13.6. The molecule has 0 aliphatic carbocycles. The summed E-state index contributed by atoms with van der Waals surface area (Å²) in [4.78, 5) is 23.1. The van der Waals surface area contributed by atoms with E-state index in [2.05, 4.69) is 10.6 Å². The van der Waals surface area contributed by atoms with Crippen molar-refractivity contribution in [2.24, 2.45) is 0 Å². The molecule has 0 saturated heterocycles. The van der Waals surface area contributed by atoms with Gasteiger partial charge in [0.15, 0.2) is 0 Å². The average Bonchev–Trinajstić information content (AvgIpc) is 2.39. The largest absolute Gasteiger partial charge is 0.465 e. The first-order valence-corrected chi connectivity index (χ1v) is 7.26. The molecule has 6 nitrogen and oxygen atoms in total. The molecule has 2 N–H and O–H groups in total. The Morgan fingerprint density at radius 2 is 1.86 bits per heavy atom. The number of nitrogens with one attached hydrogen (secondary N) is 2. The summed E-state index contributed by atoms with van der Waals surface area (Å²) in [5.41, 5.74) is 0.951. The minimum atomic E-state index is -0.554. The van der Waals surface area contributed by atoms with Crippen LogP contribution in [0, 0.1) is 0 Å². The van der Waals surface area contributed by atoms with E-state index in [1.165, 1.54) is 0 Å². The fourth-order valence-electron chi connectivity index (χ4n) is 1.72. The topological polar surface area (TPSA) is 76.7 Å². The van der Waals surface area contributed by atoms with Crippen molar-refractivity contribution in [3.63, 3.8) is 0 Å². The maximum absolute atomic E-state index is 11.8. The molecule has 6 heteroatoms. The molecule has 22 heavy (non-hydrogen) atoms. The zero-order chi connectivity index (χ0) is 16.6. The first kappa shape index (κ1) is 18.0. The van der Waals surface area contributed by atoms with Gasteiger partial charge in [-0.1, -0.05) is 18.2 Å². The second kappa shape index (κ2) is 8.38. The first-order chi connectivity index (χ1) is 10.3. The monoisotopic (exact) mass is 308 g/mol. The fraction of sp³-hybridized carbons (Fsp3) is 0.500. The van der Waals surface area contributed by atoms with E-state index in [0.717, 1.165) is 5.56 Å². The summed E-state index contributed by atoms with van der Waals surface area (Å²) < 4.78 is 10.1. The molecule has 1 aromatic rings. The number of carbonyl (C=O) groups is 2. The molecule has 1 aromatic carbocycles. The van der Waals surface area contributed by atoms with E-state index in [-0.39, 0.29) is 12.5 Å².